The fourth-order valence-electron chi connectivity index (χ4n) is 2.84. The van der Waals surface area contributed by atoms with Crippen LogP contribution in [-0.2, 0) is 0 Å². The van der Waals surface area contributed by atoms with E-state index in [0.29, 0.717) is 0 Å². The third-order valence-electron chi connectivity index (χ3n) is 3.43. The molecule has 1 unspecified atom stereocenters. The molecule has 0 N–H and O–H groups in total. The molecule has 0 saturated carbocycles. The summed E-state index contributed by atoms with van der Waals surface area (Å²) in [6.45, 7) is 8.05. The van der Waals surface area contributed by atoms with Gasteiger partial charge in [0.05, 0.1) is 24.6 Å². The molecule has 19 heavy (non-hydrogen) atoms. The lowest BCUT2D eigenvalue weighted by Gasteiger charge is -2.35. The van der Waals surface area contributed by atoms with Crippen LogP contribution < -0.4 is 4.74 Å². The molecule has 0 aliphatic rings. The van der Waals surface area contributed by atoms with E-state index in [-0.39, 0.29) is 6.04 Å². The molecule has 0 heterocycles. The third kappa shape index (κ3) is 3.08. The van der Waals surface area contributed by atoms with E-state index in [1.807, 2.05) is 34.9 Å². The van der Waals surface area contributed by atoms with Crippen LogP contribution in [0.2, 0.25) is 0 Å². The average Bonchev–Trinajstić information content (AvgIpc) is 2.27. The molecule has 1 aromatic carbocycles. The smallest absolute Gasteiger partial charge is 0.126 e. The molecule has 3 heteroatoms. The third-order valence-corrected chi connectivity index (χ3v) is 3.43. The van der Waals surface area contributed by atoms with Crippen LogP contribution in [0.4, 0.5) is 0 Å². The topological polar surface area (TPSA) is 36.3 Å². The van der Waals surface area contributed by atoms with E-state index >= 15 is 0 Å². The first-order valence-corrected chi connectivity index (χ1v) is 6.47. The summed E-state index contributed by atoms with van der Waals surface area (Å²) in [5, 5.41) is 9.46. The molecule has 1 aromatic rings. The molecule has 0 bridgehead atoms. The number of aryl methyl sites for hydroxylation is 2. The molecule has 1 rings (SSSR count). The van der Waals surface area contributed by atoms with E-state index in [9.17, 15) is 5.26 Å². The van der Waals surface area contributed by atoms with Crippen molar-refractivity contribution in [1.82, 2.24) is 4.90 Å². The number of nitriles is 1. The molecule has 0 amide bonds. The summed E-state index contributed by atoms with van der Waals surface area (Å²) in [6, 6.07) is 6.63. The number of hydrogen-bond donors (Lipinski definition) is 0. The lowest BCUT2D eigenvalue weighted by atomic mass is 9.80. The molecule has 0 aliphatic heterocycles. The highest BCUT2D eigenvalue weighted by atomic mass is 16.5. The first-order valence-electron chi connectivity index (χ1n) is 6.47. The Morgan fingerprint density at radius 3 is 2.26 bits per heavy atom. The molecule has 104 valence electrons. The highest BCUT2D eigenvalue weighted by Crippen LogP contribution is 2.42. The highest BCUT2D eigenvalue weighted by Gasteiger charge is 2.35. The molecule has 0 aliphatic carbocycles. The minimum Gasteiger partial charge on any atom is -0.496 e. The van der Waals surface area contributed by atoms with Crippen molar-refractivity contribution in [3.63, 3.8) is 0 Å². The summed E-state index contributed by atoms with van der Waals surface area (Å²) >= 11 is 0. The van der Waals surface area contributed by atoms with Crippen molar-refractivity contribution in [2.45, 2.75) is 33.7 Å². The van der Waals surface area contributed by atoms with E-state index in [1.165, 1.54) is 5.56 Å². The maximum absolute atomic E-state index is 9.46. The molecular formula is C16H24N2O. The van der Waals surface area contributed by atoms with Gasteiger partial charge in [0.25, 0.3) is 0 Å². The Hall–Kier alpha value is -1.53. The molecule has 0 radical (unpaired) electrons. The number of ether oxygens (including phenoxy) is 1. The average molecular weight is 260 g/mol. The number of methoxy groups -OCH3 is 1. The van der Waals surface area contributed by atoms with Crippen molar-refractivity contribution in [1.29, 1.82) is 5.26 Å². The second-order valence-electron chi connectivity index (χ2n) is 5.90. The largest absolute Gasteiger partial charge is 0.496 e. The summed E-state index contributed by atoms with van der Waals surface area (Å²) < 4.78 is 5.57. The van der Waals surface area contributed by atoms with Gasteiger partial charge in [-0.15, -0.1) is 0 Å². The van der Waals surface area contributed by atoms with Crippen LogP contribution in [0.5, 0.6) is 5.75 Å². The van der Waals surface area contributed by atoms with Crippen molar-refractivity contribution in [3.05, 3.63) is 28.8 Å². The Kier molecular flexibility index (Phi) is 4.60. The van der Waals surface area contributed by atoms with Gasteiger partial charge in [0.1, 0.15) is 5.75 Å². The van der Waals surface area contributed by atoms with Gasteiger partial charge in [-0.25, -0.2) is 0 Å². The highest BCUT2D eigenvalue weighted by molar-refractivity contribution is 5.46. The van der Waals surface area contributed by atoms with Crippen molar-refractivity contribution in [3.8, 4) is 11.8 Å². The van der Waals surface area contributed by atoms with E-state index in [4.69, 9.17) is 4.74 Å². The second-order valence-corrected chi connectivity index (χ2v) is 5.90. The molecule has 0 aromatic heterocycles. The Bertz CT molecular complexity index is 498. The molecule has 0 fully saturated rings. The van der Waals surface area contributed by atoms with Crippen LogP contribution >= 0.6 is 0 Å². The maximum atomic E-state index is 9.46. The first kappa shape index (κ1) is 15.5. The maximum Gasteiger partial charge on any atom is 0.126 e. The van der Waals surface area contributed by atoms with E-state index in [1.54, 1.807) is 7.11 Å². The predicted octanol–water partition coefficient (Wildman–Crippen LogP) is 3.46. The van der Waals surface area contributed by atoms with Crippen LogP contribution in [0.15, 0.2) is 12.1 Å². The first-order chi connectivity index (χ1) is 8.74. The molecule has 0 saturated heterocycles. The van der Waals surface area contributed by atoms with Gasteiger partial charge in [0, 0.05) is 5.56 Å². The molecule has 3 nitrogen and oxygen atoms in total. The number of rotatable bonds is 4. The summed E-state index contributed by atoms with van der Waals surface area (Å²) in [6.07, 6.45) is 0. The van der Waals surface area contributed by atoms with Crippen molar-refractivity contribution in [2.24, 2.45) is 5.41 Å². The van der Waals surface area contributed by atoms with Crippen molar-refractivity contribution >= 4 is 0 Å². The molecule has 0 spiro atoms. The fraction of sp³-hybridized carbons (Fsp3) is 0.562. The van der Waals surface area contributed by atoms with Crippen LogP contribution in [0.25, 0.3) is 0 Å². The lowest BCUT2D eigenvalue weighted by Crippen LogP contribution is -2.33. The summed E-state index contributed by atoms with van der Waals surface area (Å²) in [5.41, 5.74) is 2.89. The fourth-order valence-corrected chi connectivity index (χ4v) is 2.84. The van der Waals surface area contributed by atoms with Crippen LogP contribution in [0, 0.1) is 30.6 Å². The lowest BCUT2D eigenvalue weighted by molar-refractivity contribution is 0.180. The molecular weight excluding hydrogens is 236 g/mol. The molecule has 1 atom stereocenters. The van der Waals surface area contributed by atoms with Gasteiger partial charge in [0.2, 0.25) is 0 Å². The van der Waals surface area contributed by atoms with Gasteiger partial charge in [-0.3, -0.25) is 0 Å². The Morgan fingerprint density at radius 1 is 1.26 bits per heavy atom. The van der Waals surface area contributed by atoms with Gasteiger partial charge >= 0.3 is 0 Å². The van der Waals surface area contributed by atoms with Gasteiger partial charge in [0.15, 0.2) is 0 Å². The Morgan fingerprint density at radius 2 is 1.84 bits per heavy atom. The van der Waals surface area contributed by atoms with Crippen LogP contribution in [0.1, 0.15) is 36.6 Å². The van der Waals surface area contributed by atoms with Gasteiger partial charge in [-0.1, -0.05) is 17.7 Å². The van der Waals surface area contributed by atoms with Gasteiger partial charge in [-0.05, 0) is 47.4 Å². The van der Waals surface area contributed by atoms with Crippen molar-refractivity contribution in [2.75, 3.05) is 21.2 Å². The predicted molar refractivity (Wildman–Crippen MR) is 78.3 cm³/mol. The van der Waals surface area contributed by atoms with Crippen LogP contribution in [0.3, 0.4) is 0 Å². The number of nitrogens with zero attached hydrogens (tertiary/aromatic N) is 2. The quantitative estimate of drug-likeness (QED) is 0.831. The second kappa shape index (κ2) is 5.63. The van der Waals surface area contributed by atoms with Gasteiger partial charge in [-0.2, -0.15) is 5.26 Å². The standard InChI is InChI=1S/C16H24N2O/c1-11-8-12(2)14(19-7)13(9-11)15(18(5)6)16(3,4)10-17/h8-9,15H,1-7H3. The normalized spacial score (nSPS) is 13.2. The van der Waals surface area contributed by atoms with Gasteiger partial charge < -0.3 is 9.64 Å². The number of hydrogen-bond acceptors (Lipinski definition) is 3. The zero-order valence-corrected chi connectivity index (χ0v) is 13.0. The van der Waals surface area contributed by atoms with E-state index in [0.717, 1.165) is 16.9 Å². The Labute approximate surface area is 116 Å². The minimum atomic E-state index is -0.489. The summed E-state index contributed by atoms with van der Waals surface area (Å²) in [4.78, 5) is 2.08. The van der Waals surface area contributed by atoms with E-state index in [2.05, 4.69) is 30.0 Å². The number of benzene rings is 1. The zero-order chi connectivity index (χ0) is 14.8. The van der Waals surface area contributed by atoms with Crippen molar-refractivity contribution < 1.29 is 4.74 Å². The SMILES string of the molecule is COc1c(C)cc(C)cc1C(N(C)C)C(C)(C)C#N. The zero-order valence-electron chi connectivity index (χ0n) is 13.0. The van der Waals surface area contributed by atoms with E-state index < -0.39 is 5.41 Å². The summed E-state index contributed by atoms with van der Waals surface area (Å²) in [5.74, 6) is 0.882. The van der Waals surface area contributed by atoms with Crippen LogP contribution in [-0.4, -0.2) is 26.1 Å². The monoisotopic (exact) mass is 260 g/mol. The minimum absolute atomic E-state index is 0.00829. The summed E-state index contributed by atoms with van der Waals surface area (Å²) in [7, 11) is 5.69. The Balaban J connectivity index is 3.52.